The second-order valence-corrected chi connectivity index (χ2v) is 9.50. The van der Waals surface area contributed by atoms with Crippen LogP contribution in [0.25, 0.3) is 0 Å². The van der Waals surface area contributed by atoms with E-state index in [4.69, 9.17) is 0 Å². The topological polar surface area (TPSA) is 71.1 Å². The van der Waals surface area contributed by atoms with Gasteiger partial charge in [-0.15, -0.1) is 11.3 Å². The van der Waals surface area contributed by atoms with Crippen molar-refractivity contribution in [3.05, 3.63) is 65.2 Å². The number of aryl methyl sites for hydroxylation is 1. The van der Waals surface area contributed by atoms with E-state index < -0.39 is 10.0 Å². The molecule has 3 aromatic rings. The molecule has 2 aromatic heterocycles. The number of thiophene rings is 1. The maximum absolute atomic E-state index is 12.3. The molecule has 0 atom stereocenters. The van der Waals surface area contributed by atoms with E-state index in [9.17, 15) is 8.42 Å². The first-order valence-electron chi connectivity index (χ1n) is 8.26. The summed E-state index contributed by atoms with van der Waals surface area (Å²) in [5, 5.41) is 3.21. The molecule has 0 bridgehead atoms. The molecular weight excluding hydrogens is 366 g/mol. The van der Waals surface area contributed by atoms with Gasteiger partial charge in [0.25, 0.3) is 10.0 Å². The fourth-order valence-electron chi connectivity index (χ4n) is 2.39. The summed E-state index contributed by atoms with van der Waals surface area (Å²) >= 11 is 1.24. The molecule has 0 radical (unpaired) electrons. The molecule has 0 unspecified atom stereocenters. The van der Waals surface area contributed by atoms with Crippen molar-refractivity contribution in [3.63, 3.8) is 0 Å². The largest absolute Gasteiger partial charge is 0.340 e. The lowest BCUT2D eigenvalue weighted by molar-refractivity contribution is 0.603. The average Bonchev–Trinajstić information content (AvgIpc) is 3.04. The van der Waals surface area contributed by atoms with Crippen LogP contribution in [0.15, 0.2) is 58.9 Å². The summed E-state index contributed by atoms with van der Waals surface area (Å²) in [5.41, 5.74) is 2.64. The maximum Gasteiger partial charge on any atom is 0.271 e. The first-order valence-corrected chi connectivity index (χ1v) is 10.6. The minimum absolute atomic E-state index is 0.294. The summed E-state index contributed by atoms with van der Waals surface area (Å²) in [6, 6.07) is 15.0. The monoisotopic (exact) mass is 387 g/mol. The molecule has 136 valence electrons. The summed E-state index contributed by atoms with van der Waals surface area (Å²) in [5.74, 6) is 1.14. The van der Waals surface area contributed by atoms with Crippen LogP contribution >= 0.6 is 11.3 Å². The van der Waals surface area contributed by atoms with E-state index in [0.29, 0.717) is 21.6 Å². The Hall–Kier alpha value is -2.38. The van der Waals surface area contributed by atoms with Crippen molar-refractivity contribution in [1.82, 2.24) is 4.98 Å². The first kappa shape index (κ1) is 18.4. The van der Waals surface area contributed by atoms with Gasteiger partial charge in [0.1, 0.15) is 10.0 Å². The van der Waals surface area contributed by atoms with Gasteiger partial charge in [-0.25, -0.2) is 13.4 Å². The van der Waals surface area contributed by atoms with E-state index >= 15 is 0 Å². The summed E-state index contributed by atoms with van der Waals surface area (Å²) in [6.45, 7) is 6.18. The van der Waals surface area contributed by atoms with Gasteiger partial charge in [-0.1, -0.05) is 26.0 Å². The lowest BCUT2D eigenvalue weighted by Gasteiger charge is -2.10. The zero-order chi connectivity index (χ0) is 18.7. The minimum Gasteiger partial charge on any atom is -0.340 e. The number of nitrogens with one attached hydrogen (secondary N) is 2. The zero-order valence-corrected chi connectivity index (χ0v) is 16.5. The molecule has 0 aliphatic rings. The van der Waals surface area contributed by atoms with Gasteiger partial charge >= 0.3 is 0 Å². The van der Waals surface area contributed by atoms with E-state index in [1.165, 1.54) is 23.1 Å². The molecule has 0 aliphatic heterocycles. The Bertz CT molecular complexity index is 976. The van der Waals surface area contributed by atoms with Crippen LogP contribution in [-0.2, 0) is 10.0 Å². The van der Waals surface area contributed by atoms with Gasteiger partial charge in [-0.3, -0.25) is 4.72 Å². The summed E-state index contributed by atoms with van der Waals surface area (Å²) in [4.78, 5) is 5.23. The van der Waals surface area contributed by atoms with Gasteiger partial charge in [0.2, 0.25) is 0 Å². The summed E-state index contributed by atoms with van der Waals surface area (Å²) in [6.07, 6.45) is 1.50. The van der Waals surface area contributed by atoms with Crippen LogP contribution in [0.4, 0.5) is 17.2 Å². The van der Waals surface area contributed by atoms with Crippen molar-refractivity contribution >= 4 is 38.6 Å². The molecule has 0 spiro atoms. The van der Waals surface area contributed by atoms with Gasteiger partial charge in [-0.05, 0) is 54.8 Å². The lowest BCUT2D eigenvalue weighted by atomic mass is 10.0. The van der Waals surface area contributed by atoms with Crippen LogP contribution < -0.4 is 10.0 Å². The van der Waals surface area contributed by atoms with Gasteiger partial charge in [0.05, 0.1) is 11.9 Å². The Kier molecular flexibility index (Phi) is 5.29. The molecule has 7 heteroatoms. The second kappa shape index (κ2) is 7.47. The second-order valence-electron chi connectivity index (χ2n) is 6.30. The molecule has 3 rings (SSSR count). The molecular formula is C19H21N3O2S2. The van der Waals surface area contributed by atoms with E-state index in [0.717, 1.165) is 10.6 Å². The predicted octanol–water partition coefficient (Wildman–Crippen LogP) is 5.12. The van der Waals surface area contributed by atoms with Crippen molar-refractivity contribution < 1.29 is 8.42 Å². The van der Waals surface area contributed by atoms with E-state index in [-0.39, 0.29) is 0 Å². The third kappa shape index (κ3) is 4.42. The molecule has 2 heterocycles. The van der Waals surface area contributed by atoms with Crippen LogP contribution in [0.1, 0.15) is 30.2 Å². The fraction of sp³-hybridized carbons (Fsp3) is 0.211. The third-order valence-corrected chi connectivity index (χ3v) is 6.72. The standard InChI is InChI=1S/C19H21N3O2S2/c1-13(2)15-5-7-16(8-6-15)21-18-10-9-17(12-20-18)22-26(23,24)19-11-4-14(3)25-19/h4-13,22H,1-3H3,(H,20,21). The van der Waals surface area contributed by atoms with Crippen LogP contribution in [0.3, 0.4) is 0 Å². The molecule has 0 saturated carbocycles. The highest BCUT2D eigenvalue weighted by Crippen LogP contribution is 2.24. The highest BCUT2D eigenvalue weighted by atomic mass is 32.2. The number of hydrogen-bond acceptors (Lipinski definition) is 5. The van der Waals surface area contributed by atoms with Crippen molar-refractivity contribution in [2.45, 2.75) is 30.9 Å². The Morgan fingerprint density at radius 1 is 0.962 bits per heavy atom. The number of rotatable bonds is 6. The molecule has 5 nitrogen and oxygen atoms in total. The number of hydrogen-bond donors (Lipinski definition) is 2. The summed E-state index contributed by atoms with van der Waals surface area (Å²) in [7, 11) is -3.57. The predicted molar refractivity (Wildman–Crippen MR) is 108 cm³/mol. The molecule has 0 fully saturated rings. The van der Waals surface area contributed by atoms with Gasteiger partial charge < -0.3 is 5.32 Å². The van der Waals surface area contributed by atoms with Gasteiger partial charge in [-0.2, -0.15) is 0 Å². The van der Waals surface area contributed by atoms with E-state index in [1.807, 2.05) is 19.1 Å². The number of anilines is 3. The van der Waals surface area contributed by atoms with Crippen LogP contribution in [0.2, 0.25) is 0 Å². The smallest absolute Gasteiger partial charge is 0.271 e. The maximum atomic E-state index is 12.3. The van der Waals surface area contributed by atoms with Crippen LogP contribution in [-0.4, -0.2) is 13.4 Å². The third-order valence-electron chi connectivity index (χ3n) is 3.85. The highest BCUT2D eigenvalue weighted by Gasteiger charge is 2.16. The molecule has 0 amide bonds. The number of pyridine rings is 1. The molecule has 0 aliphatic carbocycles. The van der Waals surface area contributed by atoms with Crippen molar-refractivity contribution in [2.75, 3.05) is 10.0 Å². The van der Waals surface area contributed by atoms with Crippen LogP contribution in [0.5, 0.6) is 0 Å². The normalized spacial score (nSPS) is 11.5. The zero-order valence-electron chi connectivity index (χ0n) is 14.9. The van der Waals surface area contributed by atoms with E-state index in [1.54, 1.807) is 24.3 Å². The quantitative estimate of drug-likeness (QED) is 0.616. The molecule has 2 N–H and O–H groups in total. The Balaban J connectivity index is 1.68. The Morgan fingerprint density at radius 3 is 2.19 bits per heavy atom. The van der Waals surface area contributed by atoms with Crippen molar-refractivity contribution in [1.29, 1.82) is 0 Å². The average molecular weight is 388 g/mol. The summed E-state index contributed by atoms with van der Waals surface area (Å²) < 4.78 is 27.5. The Morgan fingerprint density at radius 2 is 1.65 bits per heavy atom. The fourth-order valence-corrected chi connectivity index (χ4v) is 4.72. The van der Waals surface area contributed by atoms with Crippen molar-refractivity contribution in [3.8, 4) is 0 Å². The number of nitrogens with zero attached hydrogens (tertiary/aromatic N) is 1. The van der Waals surface area contributed by atoms with Gasteiger partial charge in [0, 0.05) is 10.6 Å². The van der Waals surface area contributed by atoms with Gasteiger partial charge in [0.15, 0.2) is 0 Å². The highest BCUT2D eigenvalue weighted by molar-refractivity contribution is 7.94. The Labute approximate surface area is 158 Å². The number of benzene rings is 1. The molecule has 26 heavy (non-hydrogen) atoms. The minimum atomic E-state index is -3.57. The van der Waals surface area contributed by atoms with Crippen LogP contribution in [0, 0.1) is 6.92 Å². The number of sulfonamides is 1. The van der Waals surface area contributed by atoms with Crippen molar-refractivity contribution in [2.24, 2.45) is 0 Å². The first-order chi connectivity index (χ1) is 12.3. The lowest BCUT2D eigenvalue weighted by Crippen LogP contribution is -2.11. The van der Waals surface area contributed by atoms with E-state index in [2.05, 4.69) is 41.0 Å². The molecule has 1 aromatic carbocycles. The SMILES string of the molecule is Cc1ccc(S(=O)(=O)Nc2ccc(Nc3ccc(C(C)C)cc3)nc2)s1. The molecule has 0 saturated heterocycles. The number of aromatic nitrogens is 1.